The average Bonchev–Trinajstić information content (AvgIpc) is 3.34. The number of carbonyl (C=O) groups is 1. The van der Waals surface area contributed by atoms with Crippen LogP contribution in [0.25, 0.3) is 11.8 Å². The van der Waals surface area contributed by atoms with Crippen LogP contribution in [0.15, 0.2) is 70.3 Å². The molecule has 1 amide bonds. The van der Waals surface area contributed by atoms with Crippen molar-refractivity contribution < 1.29 is 4.79 Å². The minimum absolute atomic E-state index is 0.00554. The van der Waals surface area contributed by atoms with Gasteiger partial charge in [0.05, 0.1) is 21.3 Å². The second-order valence-electron chi connectivity index (χ2n) is 7.53. The predicted octanol–water partition coefficient (Wildman–Crippen LogP) is 6.07. The summed E-state index contributed by atoms with van der Waals surface area (Å²) in [6.07, 6.45) is 1.68. The average molecular weight is 494 g/mol. The maximum Gasteiger partial charge on any atom is 0.283 e. The Labute approximate surface area is 204 Å². The van der Waals surface area contributed by atoms with Gasteiger partial charge >= 0.3 is 0 Å². The highest BCUT2D eigenvalue weighted by Crippen LogP contribution is 2.34. The summed E-state index contributed by atoms with van der Waals surface area (Å²) in [5.74, 6) is -0.470. The number of hydrogen-bond donors (Lipinski definition) is 1. The van der Waals surface area contributed by atoms with E-state index in [2.05, 4.69) is 10.1 Å². The number of nitrogens with zero attached hydrogens (tertiary/aromatic N) is 4. The van der Waals surface area contributed by atoms with Crippen molar-refractivity contribution in [1.29, 1.82) is 5.41 Å². The van der Waals surface area contributed by atoms with Crippen LogP contribution in [-0.2, 0) is 4.79 Å². The Hall–Kier alpha value is -3.13. The molecule has 3 aromatic rings. The maximum absolute atomic E-state index is 12.8. The van der Waals surface area contributed by atoms with Gasteiger partial charge in [0.2, 0.25) is 5.17 Å². The summed E-state index contributed by atoms with van der Waals surface area (Å²) in [5.41, 5.74) is 4.41. The number of hydrogen-bond acceptors (Lipinski definition) is 4. The number of hydrazone groups is 1. The first-order valence-electron chi connectivity index (χ1n) is 10.0. The molecule has 1 N–H and O–H groups in total. The van der Waals surface area contributed by atoms with Crippen LogP contribution in [0.5, 0.6) is 0 Å². The van der Waals surface area contributed by atoms with Gasteiger partial charge in [0, 0.05) is 17.0 Å². The molecule has 0 atom stereocenters. The fourth-order valence-corrected chi connectivity index (χ4v) is 5.09. The Bertz CT molecular complexity index is 1420. The first kappa shape index (κ1) is 21.7. The van der Waals surface area contributed by atoms with Gasteiger partial charge in [-0.15, -0.1) is 0 Å². The largest absolute Gasteiger partial charge is 0.316 e. The molecule has 0 radical (unpaired) electrons. The zero-order chi connectivity index (χ0) is 23.3. The van der Waals surface area contributed by atoms with Crippen molar-refractivity contribution in [3.63, 3.8) is 0 Å². The summed E-state index contributed by atoms with van der Waals surface area (Å²) in [4.78, 5) is 17.0. The molecule has 0 aliphatic carbocycles. The molecule has 6 nitrogen and oxygen atoms in total. The third-order valence-corrected chi connectivity index (χ3v) is 7.18. The van der Waals surface area contributed by atoms with Gasteiger partial charge < -0.3 is 4.57 Å². The van der Waals surface area contributed by atoms with Crippen molar-refractivity contribution in [2.75, 3.05) is 0 Å². The minimum atomic E-state index is -0.464. The highest BCUT2D eigenvalue weighted by Gasteiger charge is 2.36. The summed E-state index contributed by atoms with van der Waals surface area (Å²) < 4.78 is 1.98. The highest BCUT2D eigenvalue weighted by atomic mass is 35.5. The van der Waals surface area contributed by atoms with Crippen molar-refractivity contribution in [3.8, 4) is 5.69 Å². The van der Waals surface area contributed by atoms with Gasteiger partial charge in [0.15, 0.2) is 5.84 Å². The van der Waals surface area contributed by atoms with Crippen LogP contribution >= 0.6 is 35.0 Å². The van der Waals surface area contributed by atoms with Crippen LogP contribution in [0.2, 0.25) is 10.0 Å². The molecule has 0 saturated heterocycles. The number of aliphatic imine (C=N–C) groups is 1. The van der Waals surface area contributed by atoms with E-state index in [0.717, 1.165) is 28.2 Å². The standard InChI is InChI=1S/C24H17Cl2N5OS/c1-13-11-16(14(2)30(13)19-10-6-9-18(25)20(19)26)12-17-21(27)31-24(28-22(17)32)33-23(29-31)15-7-4-3-5-8-15/h3-12,27H,1-2H3/b17-12-,27-21?. The van der Waals surface area contributed by atoms with Crippen LogP contribution in [0.1, 0.15) is 22.5 Å². The summed E-state index contributed by atoms with van der Waals surface area (Å²) in [6, 6.07) is 17.0. The third kappa shape index (κ3) is 3.72. The molecule has 0 saturated carbocycles. The molecule has 2 aromatic carbocycles. The van der Waals surface area contributed by atoms with E-state index in [-0.39, 0.29) is 11.4 Å². The van der Waals surface area contributed by atoms with Gasteiger partial charge in [-0.2, -0.15) is 15.1 Å². The minimum Gasteiger partial charge on any atom is -0.316 e. The zero-order valence-electron chi connectivity index (χ0n) is 17.6. The van der Waals surface area contributed by atoms with E-state index in [9.17, 15) is 4.79 Å². The number of thioether (sulfide) groups is 1. The van der Waals surface area contributed by atoms with E-state index < -0.39 is 5.91 Å². The molecule has 1 aromatic heterocycles. The van der Waals surface area contributed by atoms with Gasteiger partial charge in [-0.05, 0) is 55.4 Å². The lowest BCUT2D eigenvalue weighted by Gasteiger charge is -2.20. The number of halogens is 2. The molecule has 2 aliphatic rings. The lowest BCUT2D eigenvalue weighted by Crippen LogP contribution is -2.35. The number of amidine groups is 2. The number of rotatable bonds is 3. The van der Waals surface area contributed by atoms with Crippen LogP contribution < -0.4 is 0 Å². The van der Waals surface area contributed by atoms with Gasteiger partial charge in [0.25, 0.3) is 5.91 Å². The Morgan fingerprint density at radius 1 is 1.06 bits per heavy atom. The Balaban J connectivity index is 1.54. The second-order valence-corrected chi connectivity index (χ2v) is 9.27. The third-order valence-electron chi connectivity index (χ3n) is 5.42. The zero-order valence-corrected chi connectivity index (χ0v) is 20.0. The molecule has 0 fully saturated rings. The number of aromatic nitrogens is 1. The lowest BCUT2D eigenvalue weighted by atomic mass is 10.1. The highest BCUT2D eigenvalue weighted by molar-refractivity contribution is 8.27. The Morgan fingerprint density at radius 2 is 1.82 bits per heavy atom. The molecule has 0 unspecified atom stereocenters. The predicted molar refractivity (Wildman–Crippen MR) is 136 cm³/mol. The van der Waals surface area contributed by atoms with Gasteiger partial charge in [-0.25, -0.2) is 0 Å². The first-order chi connectivity index (χ1) is 15.8. The number of nitrogens with one attached hydrogen (secondary N) is 1. The van der Waals surface area contributed by atoms with Crippen LogP contribution in [0.4, 0.5) is 0 Å². The maximum atomic E-state index is 12.8. The molecule has 33 heavy (non-hydrogen) atoms. The fraction of sp³-hybridized carbons (Fsp3) is 0.0833. The Kier molecular flexibility index (Phi) is 5.48. The van der Waals surface area contributed by atoms with Crippen LogP contribution in [-0.4, -0.2) is 31.5 Å². The van der Waals surface area contributed by atoms with Crippen molar-refractivity contribution in [2.45, 2.75) is 13.8 Å². The van der Waals surface area contributed by atoms with Crippen molar-refractivity contribution in [3.05, 3.63) is 92.7 Å². The summed E-state index contributed by atoms with van der Waals surface area (Å²) >= 11 is 13.9. The van der Waals surface area contributed by atoms with Crippen molar-refractivity contribution in [2.24, 2.45) is 10.1 Å². The van der Waals surface area contributed by atoms with E-state index in [4.69, 9.17) is 28.6 Å². The van der Waals surface area contributed by atoms with Crippen LogP contribution in [0, 0.1) is 19.3 Å². The second kappa shape index (κ2) is 8.33. The fourth-order valence-electron chi connectivity index (χ4n) is 3.81. The van der Waals surface area contributed by atoms with Crippen molar-refractivity contribution >= 4 is 63.0 Å². The molecule has 2 aliphatic heterocycles. The first-order valence-corrected chi connectivity index (χ1v) is 11.6. The van der Waals surface area contributed by atoms with Gasteiger partial charge in [-0.1, -0.05) is 59.6 Å². The Morgan fingerprint density at radius 3 is 2.58 bits per heavy atom. The molecule has 5 rings (SSSR count). The van der Waals surface area contributed by atoms with E-state index in [1.807, 2.05) is 66.9 Å². The normalized spacial score (nSPS) is 16.8. The molecule has 164 valence electrons. The number of benzene rings is 2. The monoisotopic (exact) mass is 493 g/mol. The number of carbonyl (C=O) groups excluding carboxylic acids is 1. The SMILES string of the molecule is Cc1cc(/C=C2/C(=N)N3N=C(c4ccccc4)SC3=NC2=O)c(C)n1-c1cccc(Cl)c1Cl. The molecular formula is C24H17Cl2N5OS. The number of amides is 1. The molecule has 9 heteroatoms. The van der Waals surface area contributed by atoms with Gasteiger partial charge in [-0.3, -0.25) is 10.2 Å². The lowest BCUT2D eigenvalue weighted by molar-refractivity contribution is -0.114. The molecule has 3 heterocycles. The van der Waals surface area contributed by atoms with Crippen molar-refractivity contribution in [1.82, 2.24) is 9.58 Å². The van der Waals surface area contributed by atoms with Gasteiger partial charge in [0.1, 0.15) is 5.04 Å². The quantitative estimate of drug-likeness (QED) is 0.450. The summed E-state index contributed by atoms with van der Waals surface area (Å²) in [5, 5.41) is 16.6. The van der Waals surface area contributed by atoms with E-state index >= 15 is 0 Å². The van der Waals surface area contributed by atoms with E-state index in [1.54, 1.807) is 12.1 Å². The summed E-state index contributed by atoms with van der Waals surface area (Å²) in [7, 11) is 0. The smallest absolute Gasteiger partial charge is 0.283 e. The van der Waals surface area contributed by atoms with E-state index in [0.29, 0.717) is 20.3 Å². The molecule has 0 bridgehead atoms. The van der Waals surface area contributed by atoms with E-state index in [1.165, 1.54) is 16.8 Å². The van der Waals surface area contributed by atoms with Crippen LogP contribution in [0.3, 0.4) is 0 Å². The molecule has 0 spiro atoms. The topological polar surface area (TPSA) is 73.8 Å². The number of fused-ring (bicyclic) bond motifs is 1. The number of aryl methyl sites for hydroxylation is 1. The summed E-state index contributed by atoms with van der Waals surface area (Å²) in [6.45, 7) is 3.88. The molecular weight excluding hydrogens is 477 g/mol.